The summed E-state index contributed by atoms with van der Waals surface area (Å²) < 4.78 is 4.45. The van der Waals surface area contributed by atoms with Crippen molar-refractivity contribution in [3.63, 3.8) is 0 Å². The Labute approximate surface area is 61.2 Å². The van der Waals surface area contributed by atoms with Crippen molar-refractivity contribution < 1.29 is 9.53 Å². The van der Waals surface area contributed by atoms with Crippen LogP contribution in [0.4, 0.5) is 0 Å². The summed E-state index contributed by atoms with van der Waals surface area (Å²) in [4.78, 5) is 9.64. The van der Waals surface area contributed by atoms with Gasteiger partial charge in [-0.15, -0.1) is 0 Å². The van der Waals surface area contributed by atoms with E-state index >= 15 is 0 Å². The van der Waals surface area contributed by atoms with E-state index in [2.05, 4.69) is 11.3 Å². The number of hydrogen-bond acceptors (Lipinski definition) is 2. The molecule has 0 aliphatic rings. The largest absolute Gasteiger partial charge is 0.468 e. The minimum Gasteiger partial charge on any atom is -0.468 e. The predicted molar refractivity (Wildman–Crippen MR) is 40.6 cm³/mol. The Morgan fingerprint density at radius 2 is 2.40 bits per heavy atom. The number of hydrogen-bond donors (Lipinski definition) is 0. The molecule has 0 aliphatic heterocycles. The van der Waals surface area contributed by atoms with Gasteiger partial charge in [-0.2, -0.15) is 0 Å². The van der Waals surface area contributed by atoms with E-state index in [9.17, 15) is 4.79 Å². The Hall–Kier alpha value is -1.05. The molecule has 0 aromatic rings. The molecule has 10 heavy (non-hydrogen) atoms. The minimum absolute atomic E-state index is 0.452. The van der Waals surface area contributed by atoms with Crippen molar-refractivity contribution in [2.45, 2.75) is 13.3 Å². The fraction of sp³-hybridized carbons (Fsp3) is 0.375. The lowest BCUT2D eigenvalue weighted by Gasteiger charge is -1.90. The van der Waals surface area contributed by atoms with Gasteiger partial charge in [-0.25, -0.2) is 0 Å². The number of allylic oxidation sites excluding steroid dienone is 2. The highest BCUT2D eigenvalue weighted by molar-refractivity contribution is 5.36. The Kier molecular flexibility index (Phi) is 5.44. The lowest BCUT2D eigenvalue weighted by atomic mass is 10.3. The number of carbonyl (C=O) groups is 1. The second-order valence-corrected chi connectivity index (χ2v) is 2.00. The quantitative estimate of drug-likeness (QED) is 0.330. The molecule has 0 unspecified atom stereocenters. The summed E-state index contributed by atoms with van der Waals surface area (Å²) in [7, 11) is 0. The zero-order valence-corrected chi connectivity index (χ0v) is 6.17. The second-order valence-electron chi connectivity index (χ2n) is 2.00. The molecule has 0 N–H and O–H groups in total. The van der Waals surface area contributed by atoms with Gasteiger partial charge < -0.3 is 4.74 Å². The fourth-order valence-electron chi connectivity index (χ4n) is 0.469. The first-order chi connectivity index (χ1) is 4.77. The van der Waals surface area contributed by atoms with Crippen LogP contribution in [0.3, 0.4) is 0 Å². The van der Waals surface area contributed by atoms with Crippen molar-refractivity contribution in [3.8, 4) is 0 Å². The van der Waals surface area contributed by atoms with Crippen LogP contribution in [-0.4, -0.2) is 13.1 Å². The molecule has 0 saturated heterocycles. The zero-order valence-electron chi connectivity index (χ0n) is 6.17. The van der Waals surface area contributed by atoms with E-state index in [4.69, 9.17) is 0 Å². The molecule has 2 heteroatoms. The topological polar surface area (TPSA) is 26.3 Å². The lowest BCUT2D eigenvalue weighted by molar-refractivity contribution is -0.128. The van der Waals surface area contributed by atoms with Crippen LogP contribution in [0.25, 0.3) is 0 Å². The maximum atomic E-state index is 9.64. The summed E-state index contributed by atoms with van der Waals surface area (Å²) in [5, 5.41) is 0. The molecule has 2 nitrogen and oxygen atoms in total. The average Bonchev–Trinajstić information content (AvgIpc) is 1.87. The van der Waals surface area contributed by atoms with Crippen molar-refractivity contribution in [1.82, 2.24) is 0 Å². The molecule has 0 atom stereocenters. The standard InChI is InChI=1S/C8H12O2/c1-8(2)5-3-4-6-10-7-9/h3,5,7H,1,4,6H2,2H3/b5-3+. The van der Waals surface area contributed by atoms with Gasteiger partial charge in [0, 0.05) is 0 Å². The van der Waals surface area contributed by atoms with Crippen molar-refractivity contribution in [2.75, 3.05) is 6.61 Å². The molecule has 0 aliphatic carbocycles. The summed E-state index contributed by atoms with van der Waals surface area (Å²) >= 11 is 0. The van der Waals surface area contributed by atoms with E-state index < -0.39 is 0 Å². The minimum atomic E-state index is 0.452. The summed E-state index contributed by atoms with van der Waals surface area (Å²) in [6.45, 7) is 6.49. The normalized spacial score (nSPS) is 9.70. The molecule has 0 rings (SSSR count). The van der Waals surface area contributed by atoms with E-state index in [0.29, 0.717) is 13.1 Å². The molecule has 0 aromatic heterocycles. The van der Waals surface area contributed by atoms with E-state index in [0.717, 1.165) is 12.0 Å². The Morgan fingerprint density at radius 3 is 2.90 bits per heavy atom. The first-order valence-corrected chi connectivity index (χ1v) is 3.14. The third-order valence-electron chi connectivity index (χ3n) is 0.873. The fourth-order valence-corrected chi connectivity index (χ4v) is 0.469. The molecule has 0 saturated carbocycles. The van der Waals surface area contributed by atoms with Gasteiger partial charge in [0.05, 0.1) is 6.61 Å². The van der Waals surface area contributed by atoms with Crippen LogP contribution in [-0.2, 0) is 9.53 Å². The van der Waals surface area contributed by atoms with E-state index in [-0.39, 0.29) is 0 Å². The number of ether oxygens (including phenoxy) is 1. The molecule has 0 radical (unpaired) electrons. The number of rotatable bonds is 5. The van der Waals surface area contributed by atoms with Gasteiger partial charge in [0.2, 0.25) is 0 Å². The Balaban J connectivity index is 3.18. The summed E-state index contributed by atoms with van der Waals surface area (Å²) in [5.41, 5.74) is 1.01. The van der Waals surface area contributed by atoms with Crippen molar-refractivity contribution in [1.29, 1.82) is 0 Å². The Morgan fingerprint density at radius 1 is 1.70 bits per heavy atom. The molecule has 0 heterocycles. The first-order valence-electron chi connectivity index (χ1n) is 3.14. The van der Waals surface area contributed by atoms with Crippen molar-refractivity contribution in [2.24, 2.45) is 0 Å². The molecule has 0 aromatic carbocycles. The van der Waals surface area contributed by atoms with Crippen molar-refractivity contribution in [3.05, 3.63) is 24.3 Å². The van der Waals surface area contributed by atoms with Crippen LogP contribution < -0.4 is 0 Å². The molecular weight excluding hydrogens is 128 g/mol. The predicted octanol–water partition coefficient (Wildman–Crippen LogP) is 1.68. The van der Waals surface area contributed by atoms with Crippen LogP contribution >= 0.6 is 0 Å². The average molecular weight is 140 g/mol. The van der Waals surface area contributed by atoms with Gasteiger partial charge in [0.1, 0.15) is 0 Å². The van der Waals surface area contributed by atoms with E-state index in [1.54, 1.807) is 0 Å². The van der Waals surface area contributed by atoms with Gasteiger partial charge in [0.15, 0.2) is 0 Å². The second kappa shape index (κ2) is 6.08. The van der Waals surface area contributed by atoms with Crippen LogP contribution in [0, 0.1) is 0 Å². The SMILES string of the molecule is C=C(C)/C=C/CCOC=O. The molecular formula is C8H12O2. The summed E-state index contributed by atoms with van der Waals surface area (Å²) in [6, 6.07) is 0. The molecule has 0 fully saturated rings. The smallest absolute Gasteiger partial charge is 0.293 e. The third-order valence-corrected chi connectivity index (χ3v) is 0.873. The van der Waals surface area contributed by atoms with E-state index in [1.165, 1.54) is 0 Å². The monoisotopic (exact) mass is 140 g/mol. The van der Waals surface area contributed by atoms with Crippen molar-refractivity contribution >= 4 is 6.47 Å². The highest BCUT2D eigenvalue weighted by atomic mass is 16.5. The van der Waals surface area contributed by atoms with Gasteiger partial charge in [-0.1, -0.05) is 24.3 Å². The highest BCUT2D eigenvalue weighted by Gasteiger charge is 1.79. The van der Waals surface area contributed by atoms with Crippen LogP contribution in [0.5, 0.6) is 0 Å². The lowest BCUT2D eigenvalue weighted by Crippen LogP contribution is -1.87. The zero-order chi connectivity index (χ0) is 7.82. The number of carbonyl (C=O) groups excluding carboxylic acids is 1. The van der Waals surface area contributed by atoms with E-state index in [1.807, 2.05) is 19.1 Å². The molecule has 56 valence electrons. The molecule has 0 amide bonds. The highest BCUT2D eigenvalue weighted by Crippen LogP contribution is 1.91. The third kappa shape index (κ3) is 6.95. The van der Waals surface area contributed by atoms with Gasteiger partial charge in [0.25, 0.3) is 6.47 Å². The maximum absolute atomic E-state index is 9.64. The van der Waals surface area contributed by atoms with Gasteiger partial charge >= 0.3 is 0 Å². The van der Waals surface area contributed by atoms with Gasteiger partial charge in [-0.05, 0) is 13.3 Å². The summed E-state index contributed by atoms with van der Waals surface area (Å²) in [5.74, 6) is 0. The first kappa shape index (κ1) is 8.95. The maximum Gasteiger partial charge on any atom is 0.293 e. The van der Waals surface area contributed by atoms with Crippen LogP contribution in [0.2, 0.25) is 0 Å². The Bertz CT molecular complexity index is 136. The van der Waals surface area contributed by atoms with Crippen LogP contribution in [0.1, 0.15) is 13.3 Å². The molecule has 0 bridgehead atoms. The summed E-state index contributed by atoms with van der Waals surface area (Å²) in [6.07, 6.45) is 4.57. The van der Waals surface area contributed by atoms with Gasteiger partial charge in [-0.3, -0.25) is 4.79 Å². The van der Waals surface area contributed by atoms with Crippen LogP contribution in [0.15, 0.2) is 24.3 Å². The molecule has 0 spiro atoms.